The zero-order valence-electron chi connectivity index (χ0n) is 9.93. The van der Waals surface area contributed by atoms with Gasteiger partial charge in [0.15, 0.2) is 0 Å². The molecule has 0 heterocycles. The maximum atomic E-state index is 10.6. The van der Waals surface area contributed by atoms with Gasteiger partial charge in [0, 0.05) is 20.2 Å². The summed E-state index contributed by atoms with van der Waals surface area (Å²) in [6, 6.07) is 7.42. The molecule has 0 atom stereocenters. The Morgan fingerprint density at radius 2 is 2.12 bits per heavy atom. The summed E-state index contributed by atoms with van der Waals surface area (Å²) >= 11 is 0. The summed E-state index contributed by atoms with van der Waals surface area (Å²) in [6.45, 7) is 1.58. The van der Waals surface area contributed by atoms with Gasteiger partial charge in [0.1, 0.15) is 0 Å². The molecule has 0 aliphatic carbocycles. The summed E-state index contributed by atoms with van der Waals surface area (Å²) in [5.74, 6) is -0.818. The van der Waals surface area contributed by atoms with Crippen LogP contribution in [0.5, 0.6) is 0 Å². The van der Waals surface area contributed by atoms with Gasteiger partial charge in [-0.3, -0.25) is 4.79 Å². The molecular weight excluding hydrogens is 220 g/mol. The van der Waals surface area contributed by atoms with Crippen LogP contribution in [0.2, 0.25) is 0 Å². The predicted molar refractivity (Wildman–Crippen MR) is 67.2 cm³/mol. The van der Waals surface area contributed by atoms with E-state index in [4.69, 9.17) is 15.6 Å². The number of benzene rings is 1. The molecule has 1 rings (SSSR count). The van der Waals surface area contributed by atoms with Crippen LogP contribution in [0.25, 0.3) is 0 Å². The number of rotatable bonds is 7. The molecule has 0 aromatic heterocycles. The van der Waals surface area contributed by atoms with Gasteiger partial charge in [-0.1, -0.05) is 12.1 Å². The summed E-state index contributed by atoms with van der Waals surface area (Å²) in [5, 5.41) is 8.71. The number of aliphatic carboxylic acids is 1. The maximum absolute atomic E-state index is 10.6. The Morgan fingerprint density at radius 1 is 1.41 bits per heavy atom. The van der Waals surface area contributed by atoms with E-state index in [0.717, 1.165) is 5.69 Å². The fraction of sp³-hybridized carbons (Fsp3) is 0.417. The van der Waals surface area contributed by atoms with E-state index in [0.29, 0.717) is 25.4 Å². The van der Waals surface area contributed by atoms with Crippen LogP contribution in [-0.2, 0) is 9.53 Å². The summed E-state index contributed by atoms with van der Waals surface area (Å²) in [4.78, 5) is 12.5. The van der Waals surface area contributed by atoms with E-state index in [1.54, 1.807) is 13.2 Å². The highest BCUT2D eigenvalue weighted by Gasteiger charge is 2.10. The molecule has 0 radical (unpaired) electrons. The molecule has 0 saturated carbocycles. The van der Waals surface area contributed by atoms with Crippen molar-refractivity contribution >= 4 is 17.3 Å². The molecule has 0 bridgehead atoms. The first-order chi connectivity index (χ1) is 8.15. The van der Waals surface area contributed by atoms with Crippen LogP contribution in [0, 0.1) is 0 Å². The fourth-order valence-corrected chi connectivity index (χ4v) is 1.56. The quantitative estimate of drug-likeness (QED) is 0.698. The van der Waals surface area contributed by atoms with Crippen molar-refractivity contribution in [2.24, 2.45) is 0 Å². The third-order valence-corrected chi connectivity index (χ3v) is 2.44. The van der Waals surface area contributed by atoms with E-state index in [2.05, 4.69) is 0 Å². The third-order valence-electron chi connectivity index (χ3n) is 2.44. The number of ether oxygens (including phenoxy) is 1. The van der Waals surface area contributed by atoms with Crippen molar-refractivity contribution in [1.29, 1.82) is 0 Å². The first-order valence-corrected chi connectivity index (χ1v) is 5.45. The molecule has 1 aromatic rings. The van der Waals surface area contributed by atoms with Gasteiger partial charge in [-0.25, -0.2) is 0 Å². The van der Waals surface area contributed by atoms with E-state index in [-0.39, 0.29) is 6.42 Å². The molecule has 0 fully saturated rings. The van der Waals surface area contributed by atoms with E-state index in [9.17, 15) is 4.79 Å². The Kier molecular flexibility index (Phi) is 5.29. The summed E-state index contributed by atoms with van der Waals surface area (Å²) in [5.41, 5.74) is 7.37. The average molecular weight is 238 g/mol. The molecule has 0 spiro atoms. The minimum Gasteiger partial charge on any atom is -0.481 e. The summed E-state index contributed by atoms with van der Waals surface area (Å²) in [7, 11) is 1.61. The number of carboxylic acid groups (broad SMARTS) is 1. The van der Waals surface area contributed by atoms with Gasteiger partial charge in [-0.15, -0.1) is 0 Å². The second-order valence-electron chi connectivity index (χ2n) is 3.68. The number of anilines is 2. The topological polar surface area (TPSA) is 75.8 Å². The Morgan fingerprint density at radius 3 is 2.71 bits per heavy atom. The van der Waals surface area contributed by atoms with E-state index in [1.165, 1.54) is 0 Å². The van der Waals surface area contributed by atoms with Crippen LogP contribution in [0.15, 0.2) is 24.3 Å². The summed E-state index contributed by atoms with van der Waals surface area (Å²) in [6.07, 6.45) is 0.0814. The first-order valence-electron chi connectivity index (χ1n) is 5.45. The van der Waals surface area contributed by atoms with Crippen molar-refractivity contribution in [2.75, 3.05) is 37.4 Å². The lowest BCUT2D eigenvalue weighted by Crippen LogP contribution is -2.30. The van der Waals surface area contributed by atoms with E-state index >= 15 is 0 Å². The van der Waals surface area contributed by atoms with Gasteiger partial charge in [-0.05, 0) is 12.1 Å². The fourth-order valence-electron chi connectivity index (χ4n) is 1.56. The molecule has 0 unspecified atom stereocenters. The van der Waals surface area contributed by atoms with Gasteiger partial charge >= 0.3 is 5.97 Å². The number of nitrogens with zero attached hydrogens (tertiary/aromatic N) is 1. The van der Waals surface area contributed by atoms with Gasteiger partial charge < -0.3 is 20.5 Å². The smallest absolute Gasteiger partial charge is 0.305 e. The van der Waals surface area contributed by atoms with Crippen LogP contribution >= 0.6 is 0 Å². The Hall–Kier alpha value is -1.75. The highest BCUT2D eigenvalue weighted by atomic mass is 16.5. The Labute approximate surface area is 101 Å². The van der Waals surface area contributed by atoms with Crippen LogP contribution in [0.3, 0.4) is 0 Å². The van der Waals surface area contributed by atoms with Crippen LogP contribution in [-0.4, -0.2) is 37.9 Å². The minimum absolute atomic E-state index is 0.0814. The predicted octanol–water partition coefficient (Wildman–Crippen LogP) is 1.20. The molecule has 17 heavy (non-hydrogen) atoms. The molecule has 5 nitrogen and oxygen atoms in total. The van der Waals surface area contributed by atoms with Gasteiger partial charge in [0.25, 0.3) is 0 Å². The van der Waals surface area contributed by atoms with Gasteiger partial charge in [-0.2, -0.15) is 0 Å². The van der Waals surface area contributed by atoms with Crippen molar-refractivity contribution in [3.8, 4) is 0 Å². The molecular formula is C12H18N2O3. The zero-order chi connectivity index (χ0) is 12.7. The van der Waals surface area contributed by atoms with Gasteiger partial charge in [0.05, 0.1) is 24.4 Å². The first kappa shape index (κ1) is 13.3. The van der Waals surface area contributed by atoms with E-state index < -0.39 is 5.97 Å². The molecule has 0 aliphatic rings. The lowest BCUT2D eigenvalue weighted by Gasteiger charge is -2.25. The number of methoxy groups -OCH3 is 1. The van der Waals surface area contributed by atoms with Crippen molar-refractivity contribution in [3.05, 3.63) is 24.3 Å². The third kappa shape index (κ3) is 4.32. The van der Waals surface area contributed by atoms with Crippen molar-refractivity contribution < 1.29 is 14.6 Å². The second kappa shape index (κ2) is 6.75. The molecule has 1 aromatic carbocycles. The number of nitrogen functional groups attached to an aromatic ring is 1. The minimum atomic E-state index is -0.818. The average Bonchev–Trinajstić information content (AvgIpc) is 2.30. The number of carbonyl (C=O) groups is 1. The largest absolute Gasteiger partial charge is 0.481 e. The number of para-hydroxylation sites is 2. The summed E-state index contributed by atoms with van der Waals surface area (Å²) < 4.78 is 5.01. The van der Waals surface area contributed by atoms with Crippen molar-refractivity contribution in [2.45, 2.75) is 6.42 Å². The standard InChI is InChI=1S/C12H18N2O3/c1-17-9-8-14(7-6-12(15)16)11-5-3-2-4-10(11)13/h2-5H,6-9,13H2,1H3,(H,15,16). The van der Waals surface area contributed by atoms with Crippen molar-refractivity contribution in [3.63, 3.8) is 0 Å². The Balaban J connectivity index is 2.74. The molecule has 5 heteroatoms. The van der Waals surface area contributed by atoms with Crippen LogP contribution < -0.4 is 10.6 Å². The SMILES string of the molecule is COCCN(CCC(=O)O)c1ccccc1N. The van der Waals surface area contributed by atoms with Gasteiger partial charge in [0.2, 0.25) is 0 Å². The van der Waals surface area contributed by atoms with Crippen LogP contribution in [0.4, 0.5) is 11.4 Å². The molecule has 0 amide bonds. The highest BCUT2D eigenvalue weighted by Crippen LogP contribution is 2.22. The van der Waals surface area contributed by atoms with Crippen molar-refractivity contribution in [1.82, 2.24) is 0 Å². The number of nitrogens with two attached hydrogens (primary N) is 1. The zero-order valence-corrected chi connectivity index (χ0v) is 9.93. The normalized spacial score (nSPS) is 10.2. The highest BCUT2D eigenvalue weighted by molar-refractivity contribution is 5.70. The molecule has 94 valence electrons. The van der Waals surface area contributed by atoms with E-state index in [1.807, 2.05) is 23.1 Å². The lowest BCUT2D eigenvalue weighted by molar-refractivity contribution is -0.136. The number of hydrogen-bond acceptors (Lipinski definition) is 4. The Bertz CT molecular complexity index is 369. The van der Waals surface area contributed by atoms with Crippen LogP contribution in [0.1, 0.15) is 6.42 Å². The lowest BCUT2D eigenvalue weighted by atomic mass is 10.2. The molecule has 0 aliphatic heterocycles. The molecule has 0 saturated heterocycles. The number of hydrogen-bond donors (Lipinski definition) is 2. The maximum Gasteiger partial charge on any atom is 0.305 e. The molecule has 3 N–H and O–H groups in total. The monoisotopic (exact) mass is 238 g/mol. The second-order valence-corrected chi connectivity index (χ2v) is 3.68. The number of carboxylic acids is 1.